The largest absolute Gasteiger partial charge is 0.461 e. The predicted octanol–water partition coefficient (Wildman–Crippen LogP) is 6.47. The van der Waals surface area contributed by atoms with Gasteiger partial charge >= 0.3 is 23.7 Å². The highest BCUT2D eigenvalue weighted by Gasteiger charge is 2.43. The number of anilines is 1. The number of nitrogens with zero attached hydrogens (tertiary/aromatic N) is 3. The smallest absolute Gasteiger partial charge is 0.381 e. The summed E-state index contributed by atoms with van der Waals surface area (Å²) in [5, 5.41) is 30.9. The fourth-order valence-electron chi connectivity index (χ4n) is 3.58. The number of nitrogen functional groups attached to an aromatic ring is 1. The molecule has 16 nitrogen and oxygen atoms in total. The molecule has 0 fully saturated rings. The number of halogens is 7. The third kappa shape index (κ3) is 13.8. The molecule has 0 aliphatic carbocycles. The molecule has 55 heavy (non-hydrogen) atoms. The number of carbonyl (C=O) groups is 3. The number of nitrogens with two attached hydrogens (primary N) is 3. The number of non-ortho nitro benzene ring substituents is 3. The van der Waals surface area contributed by atoms with E-state index in [1.54, 1.807) is 6.07 Å². The van der Waals surface area contributed by atoms with Gasteiger partial charge in [0.15, 0.2) is 0 Å². The number of esters is 1. The monoisotopic (exact) mass is 896 g/mol. The highest BCUT2D eigenvalue weighted by molar-refractivity contribution is 14.1. The Hall–Kier alpha value is -6.40. The fraction of sp³-hybridized carbons (Fsp3) is 0.156. The molecule has 0 aliphatic heterocycles. The lowest BCUT2D eigenvalue weighted by Gasteiger charge is -2.14. The first-order chi connectivity index (χ1) is 25.4. The fourth-order valence-corrected chi connectivity index (χ4v) is 4.10. The molecule has 0 spiro atoms. The summed E-state index contributed by atoms with van der Waals surface area (Å²) >= 11 is 2.03. The maximum atomic E-state index is 13.5. The van der Waals surface area contributed by atoms with Crippen molar-refractivity contribution < 1.29 is 60.2 Å². The van der Waals surface area contributed by atoms with E-state index in [2.05, 4.69) is 16.2 Å². The molecule has 0 heterocycles. The molecule has 0 saturated heterocycles. The van der Waals surface area contributed by atoms with Crippen molar-refractivity contribution in [1.82, 2.24) is 0 Å². The first kappa shape index (κ1) is 46.6. The quantitative estimate of drug-likeness (QED) is 0.0388. The molecule has 6 N–H and O–H groups in total. The Bertz CT molecular complexity index is 2040. The number of carbonyl (C=O) groups excluding carboxylic acids is 3. The van der Waals surface area contributed by atoms with Gasteiger partial charge in [-0.25, -0.2) is 4.79 Å². The summed E-state index contributed by atoms with van der Waals surface area (Å²) in [6.07, 6.45) is 0. The van der Waals surface area contributed by atoms with Gasteiger partial charge < -0.3 is 21.9 Å². The molecule has 0 bridgehead atoms. The third-order valence-electron chi connectivity index (χ3n) is 6.26. The zero-order valence-corrected chi connectivity index (χ0v) is 29.9. The average Bonchev–Trinajstić information content (AvgIpc) is 3.12. The summed E-state index contributed by atoms with van der Waals surface area (Å²) in [6.45, 7) is 1.20. The maximum absolute atomic E-state index is 13.5. The molecule has 0 radical (unpaired) electrons. The Kier molecular flexibility index (Phi) is 17.1. The van der Waals surface area contributed by atoms with E-state index in [-0.39, 0.29) is 18.0 Å². The summed E-state index contributed by atoms with van der Waals surface area (Å²) in [5.74, 6) is -16.7. The van der Waals surface area contributed by atoms with Crippen molar-refractivity contribution in [3.8, 4) is 0 Å². The summed E-state index contributed by atoms with van der Waals surface area (Å²) in [5.41, 5.74) is 11.5. The van der Waals surface area contributed by atoms with Gasteiger partial charge in [-0.1, -0.05) is 42.5 Å². The molecule has 0 saturated carbocycles. The van der Waals surface area contributed by atoms with Gasteiger partial charge in [-0.3, -0.25) is 39.9 Å². The highest BCUT2D eigenvalue weighted by Crippen LogP contribution is 2.32. The van der Waals surface area contributed by atoms with E-state index < -0.39 is 78.4 Å². The molecule has 0 aromatic heterocycles. The van der Waals surface area contributed by atoms with Crippen molar-refractivity contribution in [2.24, 2.45) is 11.5 Å². The minimum Gasteiger partial charge on any atom is -0.461 e. The van der Waals surface area contributed by atoms with Gasteiger partial charge in [0.05, 0.1) is 21.4 Å². The zero-order valence-electron chi connectivity index (χ0n) is 27.7. The Labute approximate surface area is 318 Å². The van der Waals surface area contributed by atoms with E-state index in [0.29, 0.717) is 12.1 Å². The van der Waals surface area contributed by atoms with E-state index in [1.807, 2.05) is 28.7 Å². The van der Waals surface area contributed by atoms with Crippen molar-refractivity contribution >= 4 is 63.1 Å². The normalized spacial score (nSPS) is 10.8. The van der Waals surface area contributed by atoms with Gasteiger partial charge in [0, 0.05) is 62.3 Å². The standard InChI is InChI=1S/C10H9F2NO4.C8H6F2N2O3.C8H8F2N2O.C6H4INO2/c1-2-17-9(14)10(11,12)7-4-3-5-8(6-7)13(15)16;9-8(10,7(11)13)5-2-1-3-6(4-5)12(14)15;9-8(10,7(12)13)5-2-1-3-6(11)4-5;7-5-2-1-3-6(4-5)8(9)10/h3-6H,2H2,1H3;1-4H,(H2,11,13);1-4H,11H2,(H2,12,13);1-4H. The molecule has 4 rings (SSSR count). The number of hydrogen-bond donors (Lipinski definition) is 3. The van der Waals surface area contributed by atoms with E-state index >= 15 is 0 Å². The number of hydrogen-bond acceptors (Lipinski definition) is 11. The average molecular weight is 896 g/mol. The van der Waals surface area contributed by atoms with Crippen LogP contribution in [-0.2, 0) is 36.9 Å². The number of nitro benzene ring substituents is 3. The van der Waals surface area contributed by atoms with Crippen molar-refractivity contribution in [2.45, 2.75) is 24.7 Å². The van der Waals surface area contributed by atoms with E-state index in [1.165, 1.54) is 31.2 Å². The molecular weight excluding hydrogens is 869 g/mol. The lowest BCUT2D eigenvalue weighted by atomic mass is 10.1. The molecule has 0 atom stereocenters. The van der Waals surface area contributed by atoms with Crippen LogP contribution in [0.25, 0.3) is 0 Å². The van der Waals surface area contributed by atoms with E-state index in [0.717, 1.165) is 52.1 Å². The third-order valence-corrected chi connectivity index (χ3v) is 6.93. The van der Waals surface area contributed by atoms with Crippen LogP contribution in [0.15, 0.2) is 97.1 Å². The van der Waals surface area contributed by atoms with Crippen molar-refractivity contribution in [1.29, 1.82) is 0 Å². The second-order valence-corrected chi connectivity index (χ2v) is 11.4. The number of ether oxygens (including phenoxy) is 1. The number of primary amides is 2. The lowest BCUT2D eigenvalue weighted by molar-refractivity contribution is -0.385. The van der Waals surface area contributed by atoms with Gasteiger partial charge in [0.1, 0.15) is 0 Å². The summed E-state index contributed by atoms with van der Waals surface area (Å²) < 4.78 is 84.0. The minimum atomic E-state index is -3.90. The van der Waals surface area contributed by atoms with Crippen LogP contribution in [0, 0.1) is 33.9 Å². The van der Waals surface area contributed by atoms with E-state index in [4.69, 9.17) is 5.73 Å². The molecule has 4 aromatic carbocycles. The second kappa shape index (κ2) is 20.2. The maximum Gasteiger partial charge on any atom is 0.381 e. The van der Waals surface area contributed by atoms with Crippen LogP contribution in [0.1, 0.15) is 23.6 Å². The first-order valence-corrected chi connectivity index (χ1v) is 15.6. The molecule has 4 aromatic rings. The van der Waals surface area contributed by atoms with Gasteiger partial charge in [-0.15, -0.1) is 0 Å². The summed E-state index contributed by atoms with van der Waals surface area (Å²) in [4.78, 5) is 60.6. The Morgan fingerprint density at radius 2 is 0.964 bits per heavy atom. The van der Waals surface area contributed by atoms with Gasteiger partial charge in [0.2, 0.25) is 0 Å². The molecular formula is C32H27F6IN6O10. The second-order valence-electron chi connectivity index (χ2n) is 10.1. The summed E-state index contributed by atoms with van der Waals surface area (Å²) in [7, 11) is 0. The van der Waals surface area contributed by atoms with Crippen molar-refractivity contribution in [3.05, 3.63) is 148 Å². The van der Waals surface area contributed by atoms with Gasteiger partial charge in [0.25, 0.3) is 28.9 Å². The van der Waals surface area contributed by atoms with Crippen LogP contribution in [0.3, 0.4) is 0 Å². The van der Waals surface area contributed by atoms with Crippen molar-refractivity contribution in [3.63, 3.8) is 0 Å². The Balaban J connectivity index is 0.000000372. The topological polar surface area (TPSA) is 268 Å². The van der Waals surface area contributed by atoms with Crippen LogP contribution >= 0.6 is 22.6 Å². The highest BCUT2D eigenvalue weighted by atomic mass is 127. The van der Waals surface area contributed by atoms with Crippen LogP contribution < -0.4 is 17.2 Å². The molecule has 294 valence electrons. The van der Waals surface area contributed by atoms with Gasteiger partial charge in [-0.2, -0.15) is 26.3 Å². The molecule has 2 amide bonds. The first-order valence-electron chi connectivity index (χ1n) is 14.6. The Morgan fingerprint density at radius 1 is 0.618 bits per heavy atom. The van der Waals surface area contributed by atoms with Crippen LogP contribution in [0.4, 0.5) is 49.1 Å². The number of benzene rings is 4. The molecule has 0 aliphatic rings. The number of nitro groups is 3. The lowest BCUT2D eigenvalue weighted by Crippen LogP contribution is -2.32. The molecule has 23 heteroatoms. The SMILES string of the molecule is CCOC(=O)C(F)(F)c1cccc([N+](=O)[O-])c1.NC(=O)C(F)(F)c1cccc(N)c1.NC(=O)C(F)(F)c1cccc([N+](=O)[O-])c1.O=[N+]([O-])c1cccc(I)c1. The van der Waals surface area contributed by atoms with Crippen LogP contribution in [0.5, 0.6) is 0 Å². The van der Waals surface area contributed by atoms with Crippen LogP contribution in [-0.4, -0.2) is 39.2 Å². The summed E-state index contributed by atoms with van der Waals surface area (Å²) in [6, 6.07) is 18.7. The minimum absolute atomic E-state index is 0.145. The van der Waals surface area contributed by atoms with Crippen LogP contribution in [0.2, 0.25) is 0 Å². The number of alkyl halides is 6. The van der Waals surface area contributed by atoms with Crippen molar-refractivity contribution in [2.75, 3.05) is 12.3 Å². The Morgan fingerprint density at radius 3 is 1.29 bits per heavy atom. The predicted molar refractivity (Wildman–Crippen MR) is 190 cm³/mol. The zero-order chi connectivity index (χ0) is 42.3. The number of rotatable bonds is 10. The number of amides is 2. The van der Waals surface area contributed by atoms with Gasteiger partial charge in [-0.05, 0) is 47.7 Å². The van der Waals surface area contributed by atoms with E-state index in [9.17, 15) is 71.1 Å². The molecule has 0 unspecified atom stereocenters.